The maximum Gasteiger partial charge on any atom is 0.261 e. The predicted octanol–water partition coefficient (Wildman–Crippen LogP) is 4.73. The van der Waals surface area contributed by atoms with Crippen molar-refractivity contribution in [2.24, 2.45) is 0 Å². The van der Waals surface area contributed by atoms with Crippen molar-refractivity contribution in [3.63, 3.8) is 0 Å². The molecule has 3 aromatic rings. The molecule has 0 N–H and O–H groups in total. The Balaban J connectivity index is 2.01. The van der Waals surface area contributed by atoms with E-state index in [4.69, 9.17) is 0 Å². The molecule has 3 rings (SSSR count). The summed E-state index contributed by atoms with van der Waals surface area (Å²) in [4.78, 5) is 19.0. The Bertz CT molecular complexity index is 767. The van der Waals surface area contributed by atoms with Crippen molar-refractivity contribution in [3.8, 4) is 0 Å². The summed E-state index contributed by atoms with van der Waals surface area (Å²) in [6, 6.07) is 15.4. The first kappa shape index (κ1) is 14.2. The van der Waals surface area contributed by atoms with E-state index in [-0.39, 0.29) is 5.91 Å². The average molecular weight is 361 g/mol. The summed E-state index contributed by atoms with van der Waals surface area (Å²) in [5.74, 6) is -0.0379. The molecule has 1 amide bonds. The van der Waals surface area contributed by atoms with E-state index in [2.05, 4.69) is 20.9 Å². The summed E-state index contributed by atoms with van der Waals surface area (Å²) < 4.78 is 1.89. The minimum absolute atomic E-state index is 0.0379. The fraction of sp³-hybridized carbons (Fsp3) is 0.125. The maximum atomic E-state index is 12.7. The molecule has 0 aliphatic heterocycles. The molecule has 0 atom stereocenters. The number of rotatable bonds is 3. The zero-order chi connectivity index (χ0) is 14.8. The number of benzene rings is 2. The second-order valence-electron chi connectivity index (χ2n) is 4.49. The van der Waals surface area contributed by atoms with Crippen LogP contribution in [0.5, 0.6) is 0 Å². The van der Waals surface area contributed by atoms with Crippen molar-refractivity contribution in [2.75, 3.05) is 11.4 Å². The number of hydrogen-bond donors (Lipinski definition) is 0. The lowest BCUT2D eigenvalue weighted by Crippen LogP contribution is -2.30. The number of carbonyl (C=O) groups excluding carboxylic acids is 1. The summed E-state index contributed by atoms with van der Waals surface area (Å²) in [6.07, 6.45) is 0. The highest BCUT2D eigenvalue weighted by Gasteiger charge is 2.21. The first-order valence-electron chi connectivity index (χ1n) is 6.62. The Labute approximate surface area is 135 Å². The van der Waals surface area contributed by atoms with E-state index in [0.29, 0.717) is 12.1 Å². The van der Waals surface area contributed by atoms with Crippen molar-refractivity contribution in [2.45, 2.75) is 6.92 Å². The van der Waals surface area contributed by atoms with Crippen molar-refractivity contribution in [1.82, 2.24) is 4.98 Å². The SMILES string of the molecule is CCN(C(=O)c1ccccc1Br)c1nc2ccccc2s1. The van der Waals surface area contributed by atoms with E-state index in [9.17, 15) is 4.79 Å². The van der Waals surface area contributed by atoms with Crippen molar-refractivity contribution in [3.05, 3.63) is 58.6 Å². The van der Waals surface area contributed by atoms with Crippen molar-refractivity contribution < 1.29 is 4.79 Å². The smallest absolute Gasteiger partial charge is 0.261 e. The maximum absolute atomic E-state index is 12.7. The highest BCUT2D eigenvalue weighted by molar-refractivity contribution is 9.10. The molecule has 0 spiro atoms. The van der Waals surface area contributed by atoms with Gasteiger partial charge in [-0.15, -0.1) is 0 Å². The lowest BCUT2D eigenvalue weighted by Gasteiger charge is -2.18. The van der Waals surface area contributed by atoms with Gasteiger partial charge in [-0.05, 0) is 47.1 Å². The molecule has 2 aromatic carbocycles. The van der Waals surface area contributed by atoms with Gasteiger partial charge in [-0.25, -0.2) is 4.98 Å². The summed E-state index contributed by atoms with van der Waals surface area (Å²) in [5, 5.41) is 0.736. The molecule has 0 radical (unpaired) electrons. The number of para-hydroxylation sites is 1. The van der Waals surface area contributed by atoms with E-state index in [1.54, 1.807) is 4.90 Å². The van der Waals surface area contributed by atoms with E-state index >= 15 is 0 Å². The summed E-state index contributed by atoms with van der Waals surface area (Å²) in [5.41, 5.74) is 1.58. The van der Waals surface area contributed by atoms with Crippen LogP contribution in [0.15, 0.2) is 53.0 Å². The molecule has 5 heteroatoms. The van der Waals surface area contributed by atoms with Gasteiger partial charge in [-0.3, -0.25) is 9.69 Å². The van der Waals surface area contributed by atoms with E-state index < -0.39 is 0 Å². The van der Waals surface area contributed by atoms with Gasteiger partial charge < -0.3 is 0 Å². The molecule has 0 saturated heterocycles. The normalized spacial score (nSPS) is 10.8. The summed E-state index contributed by atoms with van der Waals surface area (Å²) >= 11 is 4.97. The number of hydrogen-bond acceptors (Lipinski definition) is 3. The first-order valence-corrected chi connectivity index (χ1v) is 8.23. The molecule has 0 aliphatic rings. The number of nitrogens with zero attached hydrogens (tertiary/aromatic N) is 2. The van der Waals surface area contributed by atoms with Crippen LogP contribution >= 0.6 is 27.3 Å². The molecule has 0 aliphatic carbocycles. The van der Waals surface area contributed by atoms with Crippen LogP contribution in [0.25, 0.3) is 10.2 Å². The van der Waals surface area contributed by atoms with E-state index in [0.717, 1.165) is 19.8 Å². The zero-order valence-corrected chi connectivity index (χ0v) is 13.8. The number of halogens is 1. The molecule has 0 bridgehead atoms. The fourth-order valence-corrected chi connectivity index (χ4v) is 3.60. The van der Waals surface area contributed by atoms with E-state index in [1.807, 2.05) is 55.5 Å². The highest BCUT2D eigenvalue weighted by atomic mass is 79.9. The molecular formula is C16H13BrN2OS. The number of amides is 1. The molecular weight excluding hydrogens is 348 g/mol. The van der Waals surface area contributed by atoms with Crippen molar-refractivity contribution >= 4 is 48.5 Å². The quantitative estimate of drug-likeness (QED) is 0.676. The summed E-state index contributed by atoms with van der Waals surface area (Å²) in [6.45, 7) is 2.54. The third kappa shape index (κ3) is 2.71. The van der Waals surface area contributed by atoms with Gasteiger partial charge in [0.05, 0.1) is 15.8 Å². The molecule has 1 aromatic heterocycles. The standard InChI is InChI=1S/C16H13BrN2OS/c1-2-19(15(20)11-7-3-4-8-12(11)17)16-18-13-9-5-6-10-14(13)21-16/h3-10H,2H2,1H3. The average Bonchev–Trinajstić information content (AvgIpc) is 2.91. The van der Waals surface area contributed by atoms with Crippen LogP contribution in [0.1, 0.15) is 17.3 Å². The van der Waals surface area contributed by atoms with Gasteiger partial charge >= 0.3 is 0 Å². The van der Waals surface area contributed by atoms with Crippen LogP contribution in [-0.2, 0) is 0 Å². The Morgan fingerprint density at radius 1 is 1.19 bits per heavy atom. The number of carbonyl (C=O) groups is 1. The number of anilines is 1. The molecule has 106 valence electrons. The van der Waals surface area contributed by atoms with Gasteiger partial charge in [0.1, 0.15) is 0 Å². The number of fused-ring (bicyclic) bond motifs is 1. The van der Waals surface area contributed by atoms with Crippen LogP contribution in [0.3, 0.4) is 0 Å². The van der Waals surface area contributed by atoms with Gasteiger partial charge in [0, 0.05) is 11.0 Å². The largest absolute Gasteiger partial charge is 0.284 e. The van der Waals surface area contributed by atoms with Crippen molar-refractivity contribution in [1.29, 1.82) is 0 Å². The second-order valence-corrected chi connectivity index (χ2v) is 6.36. The van der Waals surface area contributed by atoms with Gasteiger partial charge in [0.2, 0.25) is 0 Å². The van der Waals surface area contributed by atoms with Crippen LogP contribution < -0.4 is 4.90 Å². The molecule has 21 heavy (non-hydrogen) atoms. The summed E-state index contributed by atoms with van der Waals surface area (Å²) in [7, 11) is 0. The van der Waals surface area contributed by atoms with Gasteiger partial charge in [-0.2, -0.15) is 0 Å². The fourth-order valence-electron chi connectivity index (χ4n) is 2.12. The van der Waals surface area contributed by atoms with E-state index in [1.165, 1.54) is 11.3 Å². The van der Waals surface area contributed by atoms with Gasteiger partial charge in [-0.1, -0.05) is 35.6 Å². The van der Waals surface area contributed by atoms with Crippen LogP contribution in [0.4, 0.5) is 5.13 Å². The molecule has 1 heterocycles. The topological polar surface area (TPSA) is 33.2 Å². The van der Waals surface area contributed by atoms with Gasteiger partial charge in [0.25, 0.3) is 5.91 Å². The highest BCUT2D eigenvalue weighted by Crippen LogP contribution is 2.30. The van der Waals surface area contributed by atoms with Crippen LogP contribution in [-0.4, -0.2) is 17.4 Å². The minimum atomic E-state index is -0.0379. The van der Waals surface area contributed by atoms with Crippen LogP contribution in [0, 0.1) is 0 Å². The number of thiazole rings is 1. The monoisotopic (exact) mass is 360 g/mol. The Hall–Kier alpha value is -1.72. The Morgan fingerprint density at radius 2 is 1.90 bits per heavy atom. The molecule has 0 unspecified atom stereocenters. The molecule has 3 nitrogen and oxygen atoms in total. The second kappa shape index (κ2) is 5.95. The Morgan fingerprint density at radius 3 is 2.62 bits per heavy atom. The predicted molar refractivity (Wildman–Crippen MR) is 91.1 cm³/mol. The lowest BCUT2D eigenvalue weighted by atomic mass is 10.2. The lowest BCUT2D eigenvalue weighted by molar-refractivity contribution is 0.0987. The molecule has 0 fully saturated rings. The minimum Gasteiger partial charge on any atom is -0.284 e. The van der Waals surface area contributed by atoms with Crippen LogP contribution in [0.2, 0.25) is 0 Å². The molecule has 0 saturated carbocycles. The van der Waals surface area contributed by atoms with Gasteiger partial charge in [0.15, 0.2) is 5.13 Å². The third-order valence-electron chi connectivity index (χ3n) is 3.18. The third-order valence-corrected chi connectivity index (χ3v) is 4.93. The zero-order valence-electron chi connectivity index (χ0n) is 11.4. The number of aromatic nitrogens is 1. The first-order chi connectivity index (χ1) is 10.2. The Kier molecular flexibility index (Phi) is 4.03.